The van der Waals surface area contributed by atoms with Crippen LogP contribution in [-0.2, 0) is 13.1 Å². The van der Waals surface area contributed by atoms with E-state index in [1.54, 1.807) is 19.6 Å². The van der Waals surface area contributed by atoms with Crippen LogP contribution in [0.1, 0.15) is 11.3 Å². The molecule has 6 nitrogen and oxygen atoms in total. The maximum Gasteiger partial charge on any atom is 0.155 e. The van der Waals surface area contributed by atoms with E-state index in [0.29, 0.717) is 0 Å². The van der Waals surface area contributed by atoms with Crippen molar-refractivity contribution in [1.82, 2.24) is 24.5 Å². The molecule has 6 heteroatoms. The van der Waals surface area contributed by atoms with Gasteiger partial charge in [-0.2, -0.15) is 5.10 Å². The first-order valence-corrected chi connectivity index (χ1v) is 8.13. The van der Waals surface area contributed by atoms with Crippen LogP contribution in [-0.4, -0.2) is 38.6 Å². The van der Waals surface area contributed by atoms with Gasteiger partial charge in [0.15, 0.2) is 5.65 Å². The largest absolute Gasteiger partial charge is 0.494 e. The van der Waals surface area contributed by atoms with Gasteiger partial charge in [0.25, 0.3) is 0 Å². The van der Waals surface area contributed by atoms with Crippen LogP contribution in [0.4, 0.5) is 0 Å². The average Bonchev–Trinajstić information content (AvgIpc) is 3.12. The SMILES string of the molecule is COc1ccc(CN(C)Cc2cccc3ncnn23)c2cccnc12. The van der Waals surface area contributed by atoms with E-state index in [2.05, 4.69) is 45.2 Å². The third-order valence-electron chi connectivity index (χ3n) is 4.30. The minimum atomic E-state index is 0.772. The van der Waals surface area contributed by atoms with Gasteiger partial charge in [-0.15, -0.1) is 0 Å². The van der Waals surface area contributed by atoms with Gasteiger partial charge >= 0.3 is 0 Å². The first-order chi connectivity index (χ1) is 12.3. The number of nitrogens with zero attached hydrogens (tertiary/aromatic N) is 5. The first kappa shape index (κ1) is 15.5. The van der Waals surface area contributed by atoms with Crippen molar-refractivity contribution in [1.29, 1.82) is 0 Å². The standard InChI is InChI=1S/C19H19N5O/c1-23(12-15-5-3-7-18-21-13-22-24(15)18)11-14-8-9-17(25-2)19-16(14)6-4-10-20-19/h3-10,13H,11-12H2,1-2H3. The molecule has 0 N–H and O–H groups in total. The van der Waals surface area contributed by atoms with Gasteiger partial charge in [0, 0.05) is 24.7 Å². The second kappa shape index (κ2) is 6.49. The molecule has 0 aliphatic heterocycles. The first-order valence-electron chi connectivity index (χ1n) is 8.13. The lowest BCUT2D eigenvalue weighted by atomic mass is 10.1. The second-order valence-electron chi connectivity index (χ2n) is 6.05. The number of fused-ring (bicyclic) bond motifs is 2. The molecule has 0 bridgehead atoms. The molecule has 4 aromatic rings. The van der Waals surface area contributed by atoms with Crippen molar-refractivity contribution in [2.75, 3.05) is 14.2 Å². The molecule has 3 aromatic heterocycles. The van der Waals surface area contributed by atoms with Crippen molar-refractivity contribution < 1.29 is 4.74 Å². The molecule has 0 spiro atoms. The van der Waals surface area contributed by atoms with Crippen LogP contribution >= 0.6 is 0 Å². The van der Waals surface area contributed by atoms with E-state index in [1.165, 1.54) is 5.56 Å². The van der Waals surface area contributed by atoms with Gasteiger partial charge < -0.3 is 4.74 Å². The monoisotopic (exact) mass is 333 g/mol. The smallest absolute Gasteiger partial charge is 0.155 e. The number of rotatable bonds is 5. The van der Waals surface area contributed by atoms with Crippen molar-refractivity contribution in [2.45, 2.75) is 13.1 Å². The number of benzene rings is 1. The molecule has 0 saturated heterocycles. The van der Waals surface area contributed by atoms with Crippen LogP contribution in [0.2, 0.25) is 0 Å². The zero-order valence-electron chi connectivity index (χ0n) is 14.3. The molecular weight excluding hydrogens is 314 g/mol. The maximum absolute atomic E-state index is 5.43. The highest BCUT2D eigenvalue weighted by Crippen LogP contribution is 2.27. The van der Waals surface area contributed by atoms with Gasteiger partial charge in [0.05, 0.1) is 12.8 Å². The normalized spacial score (nSPS) is 11.5. The topological polar surface area (TPSA) is 55.5 Å². The summed E-state index contributed by atoms with van der Waals surface area (Å²) in [5, 5.41) is 5.42. The van der Waals surface area contributed by atoms with E-state index in [9.17, 15) is 0 Å². The molecule has 0 unspecified atom stereocenters. The Balaban J connectivity index is 1.62. The zero-order chi connectivity index (χ0) is 17.2. The van der Waals surface area contributed by atoms with E-state index in [1.807, 2.05) is 28.8 Å². The molecule has 0 aliphatic rings. The third kappa shape index (κ3) is 2.92. The fraction of sp³-hybridized carbons (Fsp3) is 0.211. The molecule has 4 rings (SSSR count). The Labute approximate surface area is 145 Å². The van der Waals surface area contributed by atoms with Gasteiger partial charge in [-0.05, 0) is 36.9 Å². The fourth-order valence-corrected chi connectivity index (χ4v) is 3.15. The molecule has 0 atom stereocenters. The molecule has 0 saturated carbocycles. The second-order valence-corrected chi connectivity index (χ2v) is 6.05. The zero-order valence-corrected chi connectivity index (χ0v) is 14.3. The fourth-order valence-electron chi connectivity index (χ4n) is 3.15. The quantitative estimate of drug-likeness (QED) is 0.562. The Bertz CT molecular complexity index is 1030. The van der Waals surface area contributed by atoms with Crippen LogP contribution in [0, 0.1) is 0 Å². The molecule has 0 aliphatic carbocycles. The minimum Gasteiger partial charge on any atom is -0.494 e. The average molecular weight is 333 g/mol. The highest BCUT2D eigenvalue weighted by atomic mass is 16.5. The summed E-state index contributed by atoms with van der Waals surface area (Å²) < 4.78 is 7.31. The summed E-state index contributed by atoms with van der Waals surface area (Å²) in [6.07, 6.45) is 3.38. The van der Waals surface area contributed by atoms with Gasteiger partial charge in [-0.25, -0.2) is 9.50 Å². The number of hydrogen-bond acceptors (Lipinski definition) is 5. The number of hydrogen-bond donors (Lipinski definition) is 0. The Morgan fingerprint density at radius 2 is 1.96 bits per heavy atom. The molecule has 0 radical (unpaired) electrons. The highest BCUT2D eigenvalue weighted by Gasteiger charge is 2.11. The van der Waals surface area contributed by atoms with Crippen LogP contribution in [0.3, 0.4) is 0 Å². The summed E-state index contributed by atoms with van der Waals surface area (Å²) >= 11 is 0. The molecule has 0 fully saturated rings. The minimum absolute atomic E-state index is 0.772. The van der Waals surface area contributed by atoms with Gasteiger partial charge in [-0.1, -0.05) is 18.2 Å². The molecule has 0 amide bonds. The maximum atomic E-state index is 5.43. The van der Waals surface area contributed by atoms with E-state index in [4.69, 9.17) is 4.74 Å². The summed E-state index contributed by atoms with van der Waals surface area (Å²) in [6.45, 7) is 1.58. The van der Waals surface area contributed by atoms with Crippen molar-refractivity contribution in [2.24, 2.45) is 0 Å². The predicted octanol–water partition coefficient (Wildman–Crippen LogP) is 2.92. The van der Waals surface area contributed by atoms with Crippen LogP contribution in [0.5, 0.6) is 5.75 Å². The van der Waals surface area contributed by atoms with Gasteiger partial charge in [0.2, 0.25) is 0 Å². The number of aromatic nitrogens is 4. The molecule has 1 aromatic carbocycles. The number of methoxy groups -OCH3 is 1. The van der Waals surface area contributed by atoms with Gasteiger partial charge in [0.1, 0.15) is 17.6 Å². The summed E-state index contributed by atoms with van der Waals surface area (Å²) in [7, 11) is 3.77. The molecule has 126 valence electrons. The summed E-state index contributed by atoms with van der Waals surface area (Å²) in [4.78, 5) is 11.0. The van der Waals surface area contributed by atoms with Crippen molar-refractivity contribution in [3.63, 3.8) is 0 Å². The number of ether oxygens (including phenoxy) is 1. The Morgan fingerprint density at radius 3 is 2.84 bits per heavy atom. The van der Waals surface area contributed by atoms with Crippen molar-refractivity contribution in [3.05, 3.63) is 66.2 Å². The summed E-state index contributed by atoms with van der Waals surface area (Å²) in [5.41, 5.74) is 4.09. The van der Waals surface area contributed by atoms with Crippen LogP contribution in [0.15, 0.2) is 55.0 Å². The lowest BCUT2D eigenvalue weighted by molar-refractivity contribution is 0.313. The van der Waals surface area contributed by atoms with Crippen LogP contribution < -0.4 is 4.74 Å². The highest BCUT2D eigenvalue weighted by molar-refractivity contribution is 5.87. The lowest BCUT2D eigenvalue weighted by Gasteiger charge is -2.19. The van der Waals surface area contributed by atoms with E-state index >= 15 is 0 Å². The van der Waals surface area contributed by atoms with Crippen molar-refractivity contribution >= 4 is 16.6 Å². The Morgan fingerprint density at radius 1 is 1.04 bits per heavy atom. The van der Waals surface area contributed by atoms with Crippen molar-refractivity contribution in [3.8, 4) is 5.75 Å². The Hall–Kier alpha value is -2.99. The van der Waals surface area contributed by atoms with E-state index < -0.39 is 0 Å². The summed E-state index contributed by atoms with van der Waals surface area (Å²) in [5.74, 6) is 0.800. The van der Waals surface area contributed by atoms with Gasteiger partial charge in [-0.3, -0.25) is 9.88 Å². The lowest BCUT2D eigenvalue weighted by Crippen LogP contribution is -2.19. The van der Waals surface area contributed by atoms with E-state index in [0.717, 1.165) is 41.1 Å². The summed E-state index contributed by atoms with van der Waals surface area (Å²) in [6, 6.07) is 14.2. The third-order valence-corrected chi connectivity index (χ3v) is 4.30. The number of pyridine rings is 2. The molecule has 25 heavy (non-hydrogen) atoms. The predicted molar refractivity (Wildman–Crippen MR) is 96.5 cm³/mol. The molecular formula is C19H19N5O. The van der Waals surface area contributed by atoms with Crippen LogP contribution in [0.25, 0.3) is 16.6 Å². The Kier molecular flexibility index (Phi) is 4.03. The molecule has 3 heterocycles. The van der Waals surface area contributed by atoms with E-state index in [-0.39, 0.29) is 0 Å².